The van der Waals surface area contributed by atoms with Crippen LogP contribution in [0.4, 0.5) is 13.2 Å². The fourth-order valence-electron chi connectivity index (χ4n) is 3.80. The quantitative estimate of drug-likeness (QED) is 0.647. The Labute approximate surface area is 164 Å². The van der Waals surface area contributed by atoms with Crippen LogP contribution >= 0.6 is 11.3 Å². The average molecular weight is 408 g/mol. The van der Waals surface area contributed by atoms with Crippen molar-refractivity contribution in [2.45, 2.75) is 44.9 Å². The Kier molecular flexibility index (Phi) is 5.14. The highest BCUT2D eigenvalue weighted by Gasteiger charge is 2.31. The van der Waals surface area contributed by atoms with Gasteiger partial charge in [0, 0.05) is 23.2 Å². The van der Waals surface area contributed by atoms with Crippen LogP contribution in [0.15, 0.2) is 40.9 Å². The highest BCUT2D eigenvalue weighted by molar-refractivity contribution is 7.13. The third-order valence-corrected chi connectivity index (χ3v) is 5.93. The molecule has 0 bridgehead atoms. The van der Waals surface area contributed by atoms with Gasteiger partial charge in [0.15, 0.2) is 0 Å². The summed E-state index contributed by atoms with van der Waals surface area (Å²) in [5, 5.41) is 2.31. The SMILES string of the molecule is O=C(c1csc(-c2ccc(OC(F)(F)F)cc2)n1)N1CCCC2=C1CCCC2. The van der Waals surface area contributed by atoms with E-state index in [0.717, 1.165) is 32.1 Å². The Balaban J connectivity index is 1.52. The highest BCUT2D eigenvalue weighted by Crippen LogP contribution is 2.35. The molecule has 1 amide bonds. The smallest absolute Gasteiger partial charge is 0.406 e. The summed E-state index contributed by atoms with van der Waals surface area (Å²) in [4.78, 5) is 19.3. The fraction of sp³-hybridized carbons (Fsp3) is 0.400. The molecular formula is C20H19F3N2O2S. The van der Waals surface area contributed by atoms with E-state index in [4.69, 9.17) is 0 Å². The first-order chi connectivity index (χ1) is 13.4. The highest BCUT2D eigenvalue weighted by atomic mass is 32.1. The normalized spacial score (nSPS) is 17.5. The minimum Gasteiger partial charge on any atom is -0.406 e. The third-order valence-electron chi connectivity index (χ3n) is 5.04. The molecule has 0 fully saturated rings. The number of allylic oxidation sites excluding steroid dienone is 2. The van der Waals surface area contributed by atoms with Gasteiger partial charge in [-0.25, -0.2) is 4.98 Å². The Morgan fingerprint density at radius 1 is 1.07 bits per heavy atom. The van der Waals surface area contributed by atoms with Crippen molar-refractivity contribution in [2.24, 2.45) is 0 Å². The molecule has 2 aromatic rings. The Bertz CT molecular complexity index is 899. The summed E-state index contributed by atoms with van der Waals surface area (Å²) >= 11 is 1.31. The molecule has 0 radical (unpaired) electrons. The molecular weight excluding hydrogens is 389 g/mol. The van der Waals surface area contributed by atoms with Crippen molar-refractivity contribution >= 4 is 17.2 Å². The van der Waals surface area contributed by atoms with Crippen molar-refractivity contribution in [1.82, 2.24) is 9.88 Å². The summed E-state index contributed by atoms with van der Waals surface area (Å²) < 4.78 is 40.7. The second-order valence-corrected chi connectivity index (χ2v) is 7.79. The van der Waals surface area contributed by atoms with Gasteiger partial charge in [-0.05, 0) is 62.8 Å². The van der Waals surface area contributed by atoms with Gasteiger partial charge < -0.3 is 9.64 Å². The molecule has 2 aliphatic rings. The number of amides is 1. The average Bonchev–Trinajstić information content (AvgIpc) is 3.16. The van der Waals surface area contributed by atoms with Gasteiger partial charge >= 0.3 is 6.36 Å². The van der Waals surface area contributed by atoms with Crippen LogP contribution in [0.3, 0.4) is 0 Å². The van der Waals surface area contributed by atoms with E-state index < -0.39 is 6.36 Å². The number of rotatable bonds is 3. The van der Waals surface area contributed by atoms with Crippen molar-refractivity contribution in [3.05, 3.63) is 46.6 Å². The van der Waals surface area contributed by atoms with Crippen LogP contribution in [0.25, 0.3) is 10.6 Å². The van der Waals surface area contributed by atoms with Crippen LogP contribution in [0, 0.1) is 0 Å². The molecule has 0 atom stereocenters. The van der Waals surface area contributed by atoms with Crippen LogP contribution in [-0.4, -0.2) is 28.7 Å². The lowest BCUT2D eigenvalue weighted by atomic mass is 9.89. The minimum atomic E-state index is -4.72. The summed E-state index contributed by atoms with van der Waals surface area (Å²) in [6, 6.07) is 5.51. The Hall–Kier alpha value is -2.35. The predicted molar refractivity (Wildman–Crippen MR) is 100.0 cm³/mol. The van der Waals surface area contributed by atoms with Crippen LogP contribution in [0.5, 0.6) is 5.75 Å². The number of hydrogen-bond donors (Lipinski definition) is 0. The second kappa shape index (κ2) is 7.58. The topological polar surface area (TPSA) is 42.4 Å². The summed E-state index contributed by atoms with van der Waals surface area (Å²) in [6.07, 6.45) is 1.65. The van der Waals surface area contributed by atoms with E-state index in [1.807, 2.05) is 4.90 Å². The number of halogens is 3. The van der Waals surface area contributed by atoms with Gasteiger partial charge in [0.25, 0.3) is 5.91 Å². The van der Waals surface area contributed by atoms with Crippen molar-refractivity contribution in [3.8, 4) is 16.3 Å². The van der Waals surface area contributed by atoms with Crippen LogP contribution in [0.2, 0.25) is 0 Å². The van der Waals surface area contributed by atoms with Gasteiger partial charge in [0.1, 0.15) is 16.5 Å². The zero-order valence-electron chi connectivity index (χ0n) is 15.1. The molecule has 148 valence electrons. The van der Waals surface area contributed by atoms with Crippen LogP contribution in [0.1, 0.15) is 49.0 Å². The first kappa shape index (κ1) is 19.0. The molecule has 1 aliphatic heterocycles. The van der Waals surface area contributed by atoms with Crippen LogP contribution in [-0.2, 0) is 0 Å². The van der Waals surface area contributed by atoms with Crippen molar-refractivity contribution < 1.29 is 22.7 Å². The lowest BCUT2D eigenvalue weighted by molar-refractivity contribution is -0.274. The molecule has 0 saturated carbocycles. The van der Waals surface area contributed by atoms with Gasteiger partial charge in [0.05, 0.1) is 0 Å². The molecule has 28 heavy (non-hydrogen) atoms. The second-order valence-electron chi connectivity index (χ2n) is 6.93. The van der Waals surface area contributed by atoms with Gasteiger partial charge in [-0.2, -0.15) is 0 Å². The number of aromatic nitrogens is 1. The number of benzene rings is 1. The first-order valence-electron chi connectivity index (χ1n) is 9.25. The minimum absolute atomic E-state index is 0.0892. The molecule has 4 rings (SSSR count). The van der Waals surface area contributed by atoms with Gasteiger partial charge in [-0.3, -0.25) is 4.79 Å². The molecule has 1 aromatic heterocycles. The number of ether oxygens (including phenoxy) is 1. The van der Waals surface area contributed by atoms with Gasteiger partial charge in [-0.15, -0.1) is 24.5 Å². The van der Waals surface area contributed by atoms with E-state index in [1.165, 1.54) is 53.3 Å². The third kappa shape index (κ3) is 4.06. The fourth-order valence-corrected chi connectivity index (χ4v) is 4.60. The van der Waals surface area contributed by atoms with Crippen LogP contribution < -0.4 is 4.74 Å². The monoisotopic (exact) mass is 408 g/mol. The maximum absolute atomic E-state index is 13.0. The maximum atomic E-state index is 13.0. The van der Waals surface area contributed by atoms with E-state index in [9.17, 15) is 18.0 Å². The summed E-state index contributed by atoms with van der Waals surface area (Å²) in [6.45, 7) is 0.716. The molecule has 8 heteroatoms. The van der Waals surface area contributed by atoms with Gasteiger partial charge in [0.2, 0.25) is 0 Å². The molecule has 1 aliphatic carbocycles. The number of carbonyl (C=O) groups excluding carboxylic acids is 1. The molecule has 0 unspecified atom stereocenters. The standard InChI is InChI=1S/C20H19F3N2O2S/c21-20(22,23)27-15-9-7-14(8-10-15)18-24-16(12-28-18)19(26)25-11-3-5-13-4-1-2-6-17(13)25/h7-10,12H,1-6,11H2. The summed E-state index contributed by atoms with van der Waals surface area (Å²) in [7, 11) is 0. The zero-order chi connectivity index (χ0) is 19.7. The molecule has 2 heterocycles. The molecule has 1 aromatic carbocycles. The van der Waals surface area contributed by atoms with Gasteiger partial charge in [-0.1, -0.05) is 5.57 Å². The Morgan fingerprint density at radius 2 is 1.79 bits per heavy atom. The van der Waals surface area contributed by atoms with Crippen molar-refractivity contribution in [2.75, 3.05) is 6.54 Å². The Morgan fingerprint density at radius 3 is 2.54 bits per heavy atom. The number of nitrogens with zero attached hydrogens (tertiary/aromatic N) is 2. The van der Waals surface area contributed by atoms with E-state index in [0.29, 0.717) is 22.8 Å². The molecule has 0 N–H and O–H groups in total. The summed E-state index contributed by atoms with van der Waals surface area (Å²) in [5.41, 5.74) is 3.61. The van der Waals surface area contributed by atoms with E-state index in [1.54, 1.807) is 5.38 Å². The van der Waals surface area contributed by atoms with E-state index in [2.05, 4.69) is 9.72 Å². The molecule has 4 nitrogen and oxygen atoms in total. The largest absolute Gasteiger partial charge is 0.573 e. The number of hydrogen-bond acceptors (Lipinski definition) is 4. The zero-order valence-corrected chi connectivity index (χ0v) is 15.9. The van der Waals surface area contributed by atoms with E-state index in [-0.39, 0.29) is 11.7 Å². The lowest BCUT2D eigenvalue weighted by Crippen LogP contribution is -2.36. The lowest BCUT2D eigenvalue weighted by Gasteiger charge is -2.34. The molecule has 0 spiro atoms. The first-order valence-corrected chi connectivity index (χ1v) is 10.1. The number of alkyl halides is 3. The van der Waals surface area contributed by atoms with E-state index >= 15 is 0 Å². The predicted octanol–water partition coefficient (Wildman–Crippen LogP) is 5.77. The number of carbonyl (C=O) groups is 1. The number of thiazole rings is 1. The molecule has 0 saturated heterocycles. The van der Waals surface area contributed by atoms with Crippen molar-refractivity contribution in [3.63, 3.8) is 0 Å². The maximum Gasteiger partial charge on any atom is 0.573 e. The summed E-state index contributed by atoms with van der Waals surface area (Å²) in [5.74, 6) is -0.372. The van der Waals surface area contributed by atoms with Crippen molar-refractivity contribution in [1.29, 1.82) is 0 Å².